The summed E-state index contributed by atoms with van der Waals surface area (Å²) in [6.07, 6.45) is 1.78. The first-order chi connectivity index (χ1) is 17.3. The van der Waals surface area contributed by atoms with Gasteiger partial charge in [0.05, 0.1) is 12.0 Å². The third-order valence-corrected chi connectivity index (χ3v) is 6.91. The van der Waals surface area contributed by atoms with E-state index in [-0.39, 0.29) is 24.5 Å². The molecule has 1 aliphatic rings. The van der Waals surface area contributed by atoms with Gasteiger partial charge in [0.1, 0.15) is 6.61 Å². The number of amides is 1. The zero-order chi connectivity index (χ0) is 25.7. The number of rotatable bonds is 9. The minimum Gasteiger partial charge on any atom is -0.481 e. The predicted octanol–water partition coefficient (Wildman–Crippen LogP) is 6.44. The van der Waals surface area contributed by atoms with Crippen LogP contribution in [0.5, 0.6) is 0 Å². The summed E-state index contributed by atoms with van der Waals surface area (Å²) in [5, 5.41) is 12.7. The standard InChI is InChI=1S/C31H33NO4/c1-20(2)27(30(33)34)17-21(3)29(18-22-11-5-4-6-12-22)32-31(35)36-19-28-25-15-9-7-13-23(25)24-14-8-10-16-26(24)28/h4-17,20,27-29H,18-19H2,1-3H3,(H,32,35)(H,33,34)/b21-17+/t27-,29+/m0/s1. The maximum Gasteiger partial charge on any atom is 0.407 e. The van der Waals surface area contributed by atoms with Crippen molar-refractivity contribution in [3.05, 3.63) is 107 Å². The summed E-state index contributed by atoms with van der Waals surface area (Å²) in [4.78, 5) is 24.8. The second-order valence-corrected chi connectivity index (χ2v) is 9.73. The van der Waals surface area contributed by atoms with Gasteiger partial charge in [-0.15, -0.1) is 0 Å². The molecule has 0 saturated heterocycles. The molecule has 0 radical (unpaired) electrons. The molecule has 0 bridgehead atoms. The maximum atomic E-state index is 13.0. The third kappa shape index (κ3) is 5.68. The van der Waals surface area contributed by atoms with Gasteiger partial charge in [0.15, 0.2) is 0 Å². The van der Waals surface area contributed by atoms with Crippen molar-refractivity contribution in [1.82, 2.24) is 5.32 Å². The van der Waals surface area contributed by atoms with Crippen LogP contribution in [0.1, 0.15) is 43.4 Å². The van der Waals surface area contributed by atoms with Crippen LogP contribution in [-0.4, -0.2) is 29.8 Å². The molecule has 0 aliphatic heterocycles. The van der Waals surface area contributed by atoms with Gasteiger partial charge in [0.25, 0.3) is 0 Å². The SMILES string of the molecule is C/C(=C\[C@H](C(=O)O)C(C)C)[C@@H](Cc1ccccc1)NC(=O)OCC1c2ccccc2-c2ccccc21. The molecule has 0 fully saturated rings. The molecule has 0 saturated carbocycles. The number of ether oxygens (including phenoxy) is 1. The molecule has 4 rings (SSSR count). The largest absolute Gasteiger partial charge is 0.481 e. The molecule has 0 heterocycles. The number of carbonyl (C=O) groups is 2. The van der Waals surface area contributed by atoms with Crippen molar-refractivity contribution in [2.24, 2.45) is 11.8 Å². The normalized spacial score (nSPS) is 14.6. The number of alkyl carbamates (subject to hydrolysis) is 1. The van der Waals surface area contributed by atoms with E-state index < -0.39 is 18.0 Å². The molecular weight excluding hydrogens is 450 g/mol. The van der Waals surface area contributed by atoms with Crippen LogP contribution >= 0.6 is 0 Å². The Bertz CT molecular complexity index is 1200. The van der Waals surface area contributed by atoms with E-state index >= 15 is 0 Å². The molecule has 186 valence electrons. The zero-order valence-corrected chi connectivity index (χ0v) is 21.0. The first kappa shape index (κ1) is 25.2. The van der Waals surface area contributed by atoms with E-state index in [4.69, 9.17) is 4.74 Å². The quantitative estimate of drug-likeness (QED) is 0.344. The molecule has 0 unspecified atom stereocenters. The Morgan fingerprint density at radius 3 is 2.03 bits per heavy atom. The smallest absolute Gasteiger partial charge is 0.407 e. The van der Waals surface area contributed by atoms with Gasteiger partial charge in [-0.05, 0) is 47.1 Å². The lowest BCUT2D eigenvalue weighted by Crippen LogP contribution is -2.38. The van der Waals surface area contributed by atoms with E-state index in [0.717, 1.165) is 22.3 Å². The van der Waals surface area contributed by atoms with Crippen LogP contribution in [0.2, 0.25) is 0 Å². The fourth-order valence-corrected chi connectivity index (χ4v) is 4.91. The monoisotopic (exact) mass is 483 g/mol. The predicted molar refractivity (Wildman–Crippen MR) is 142 cm³/mol. The molecule has 36 heavy (non-hydrogen) atoms. The highest BCUT2D eigenvalue weighted by molar-refractivity contribution is 5.79. The Kier molecular flexibility index (Phi) is 7.89. The lowest BCUT2D eigenvalue weighted by Gasteiger charge is -2.23. The average Bonchev–Trinajstić information content (AvgIpc) is 3.19. The Hall–Kier alpha value is -3.86. The van der Waals surface area contributed by atoms with E-state index in [1.807, 2.05) is 75.4 Å². The molecule has 3 aromatic carbocycles. The number of hydrogen-bond acceptors (Lipinski definition) is 3. The van der Waals surface area contributed by atoms with Gasteiger partial charge < -0.3 is 15.2 Å². The number of nitrogens with one attached hydrogen (secondary N) is 1. The van der Waals surface area contributed by atoms with Gasteiger partial charge in [0, 0.05) is 5.92 Å². The van der Waals surface area contributed by atoms with Gasteiger partial charge in [-0.25, -0.2) is 4.79 Å². The molecule has 2 N–H and O–H groups in total. The third-order valence-electron chi connectivity index (χ3n) is 6.91. The maximum absolute atomic E-state index is 13.0. The lowest BCUT2D eigenvalue weighted by molar-refractivity contribution is -0.141. The van der Waals surface area contributed by atoms with Gasteiger partial charge >= 0.3 is 12.1 Å². The second kappa shape index (κ2) is 11.3. The van der Waals surface area contributed by atoms with E-state index in [1.54, 1.807) is 6.08 Å². The van der Waals surface area contributed by atoms with E-state index in [0.29, 0.717) is 6.42 Å². The number of aliphatic carboxylic acids is 1. The summed E-state index contributed by atoms with van der Waals surface area (Å²) in [5.74, 6) is -1.59. The minimum absolute atomic E-state index is 0.0234. The van der Waals surface area contributed by atoms with E-state index in [9.17, 15) is 14.7 Å². The molecule has 0 aromatic heterocycles. The minimum atomic E-state index is -0.871. The van der Waals surface area contributed by atoms with Crippen molar-refractivity contribution in [2.75, 3.05) is 6.61 Å². The number of hydrogen-bond donors (Lipinski definition) is 2. The number of carboxylic acid groups (broad SMARTS) is 1. The van der Waals surface area contributed by atoms with Crippen molar-refractivity contribution < 1.29 is 19.4 Å². The number of fused-ring (bicyclic) bond motifs is 3. The van der Waals surface area contributed by atoms with Crippen molar-refractivity contribution >= 4 is 12.1 Å². The Labute approximate surface area is 212 Å². The van der Waals surface area contributed by atoms with Gasteiger partial charge in [0.2, 0.25) is 0 Å². The number of carbonyl (C=O) groups excluding carboxylic acids is 1. The van der Waals surface area contributed by atoms with Crippen LogP contribution in [0, 0.1) is 11.8 Å². The lowest BCUT2D eigenvalue weighted by atomic mass is 9.90. The van der Waals surface area contributed by atoms with E-state index in [2.05, 4.69) is 29.6 Å². The zero-order valence-electron chi connectivity index (χ0n) is 21.0. The van der Waals surface area contributed by atoms with Crippen LogP contribution in [-0.2, 0) is 16.0 Å². The second-order valence-electron chi connectivity index (χ2n) is 9.73. The molecule has 2 atom stereocenters. The van der Waals surface area contributed by atoms with Crippen molar-refractivity contribution in [1.29, 1.82) is 0 Å². The first-order valence-corrected chi connectivity index (χ1v) is 12.4. The van der Waals surface area contributed by atoms with Crippen molar-refractivity contribution in [3.8, 4) is 11.1 Å². The molecule has 3 aromatic rings. The fourth-order valence-electron chi connectivity index (χ4n) is 4.91. The van der Waals surface area contributed by atoms with Crippen LogP contribution in [0.15, 0.2) is 90.5 Å². The molecular formula is C31H33NO4. The van der Waals surface area contributed by atoms with Crippen LogP contribution < -0.4 is 5.32 Å². The molecule has 1 amide bonds. The highest BCUT2D eigenvalue weighted by Gasteiger charge is 2.29. The fraction of sp³-hybridized carbons (Fsp3) is 0.290. The average molecular weight is 484 g/mol. The summed E-state index contributed by atoms with van der Waals surface area (Å²) in [5.41, 5.74) is 6.51. The Balaban J connectivity index is 1.50. The Morgan fingerprint density at radius 2 is 1.47 bits per heavy atom. The van der Waals surface area contributed by atoms with E-state index in [1.165, 1.54) is 11.1 Å². The van der Waals surface area contributed by atoms with Crippen molar-refractivity contribution in [3.63, 3.8) is 0 Å². The summed E-state index contributed by atoms with van der Waals surface area (Å²) in [6.45, 7) is 5.86. The summed E-state index contributed by atoms with van der Waals surface area (Å²) < 4.78 is 5.76. The van der Waals surface area contributed by atoms with Crippen LogP contribution in [0.4, 0.5) is 4.79 Å². The summed E-state index contributed by atoms with van der Waals surface area (Å²) in [6, 6.07) is 25.9. The van der Waals surface area contributed by atoms with Gasteiger partial charge in [-0.1, -0.05) is 104 Å². The van der Waals surface area contributed by atoms with Gasteiger partial charge in [-0.3, -0.25) is 4.79 Å². The molecule has 5 nitrogen and oxygen atoms in total. The number of carboxylic acids is 1. The molecule has 5 heteroatoms. The summed E-state index contributed by atoms with van der Waals surface area (Å²) in [7, 11) is 0. The summed E-state index contributed by atoms with van der Waals surface area (Å²) >= 11 is 0. The highest BCUT2D eigenvalue weighted by Crippen LogP contribution is 2.44. The molecule has 0 spiro atoms. The molecule has 1 aliphatic carbocycles. The van der Waals surface area contributed by atoms with Crippen LogP contribution in [0.3, 0.4) is 0 Å². The van der Waals surface area contributed by atoms with Crippen LogP contribution in [0.25, 0.3) is 11.1 Å². The first-order valence-electron chi connectivity index (χ1n) is 12.4. The Morgan fingerprint density at radius 1 is 0.917 bits per heavy atom. The topological polar surface area (TPSA) is 75.6 Å². The highest BCUT2D eigenvalue weighted by atomic mass is 16.5. The van der Waals surface area contributed by atoms with Gasteiger partial charge in [-0.2, -0.15) is 0 Å². The van der Waals surface area contributed by atoms with Crippen molar-refractivity contribution in [2.45, 2.75) is 39.2 Å². The number of benzene rings is 3.